The Hall–Kier alpha value is -0.510. The normalized spacial score (nSPS) is 11.5. The van der Waals surface area contributed by atoms with Crippen LogP contribution in [0.25, 0.3) is 0 Å². The number of rotatable bonds is 2. The van der Waals surface area contributed by atoms with E-state index in [1.165, 1.54) is 0 Å². The Morgan fingerprint density at radius 1 is 1.18 bits per heavy atom. The SMILES string of the molecule is OC(O)(CS)c1ccccc1. The van der Waals surface area contributed by atoms with Gasteiger partial charge in [0.2, 0.25) is 0 Å². The summed E-state index contributed by atoms with van der Waals surface area (Å²) in [5.74, 6) is -1.80. The van der Waals surface area contributed by atoms with E-state index in [4.69, 9.17) is 0 Å². The predicted molar refractivity (Wildman–Crippen MR) is 46.4 cm³/mol. The maximum atomic E-state index is 9.27. The molecule has 0 unspecified atom stereocenters. The molecule has 0 spiro atoms. The van der Waals surface area contributed by atoms with Crippen LogP contribution in [0.1, 0.15) is 5.56 Å². The summed E-state index contributed by atoms with van der Waals surface area (Å²) in [5, 5.41) is 18.5. The van der Waals surface area contributed by atoms with Crippen molar-refractivity contribution >= 4 is 12.6 Å². The summed E-state index contributed by atoms with van der Waals surface area (Å²) in [5.41, 5.74) is 0.468. The molecule has 0 bridgehead atoms. The van der Waals surface area contributed by atoms with E-state index in [1.807, 2.05) is 6.07 Å². The molecule has 0 heterocycles. The monoisotopic (exact) mass is 170 g/mol. The van der Waals surface area contributed by atoms with Gasteiger partial charge in [-0.2, -0.15) is 12.6 Å². The van der Waals surface area contributed by atoms with E-state index < -0.39 is 5.79 Å². The number of hydrogen-bond acceptors (Lipinski definition) is 3. The van der Waals surface area contributed by atoms with Crippen LogP contribution in [0.2, 0.25) is 0 Å². The van der Waals surface area contributed by atoms with Crippen molar-refractivity contribution in [2.24, 2.45) is 0 Å². The molecule has 0 aromatic heterocycles. The van der Waals surface area contributed by atoms with Gasteiger partial charge in [0.25, 0.3) is 0 Å². The summed E-state index contributed by atoms with van der Waals surface area (Å²) in [4.78, 5) is 0. The minimum Gasteiger partial charge on any atom is -0.361 e. The first kappa shape index (κ1) is 8.59. The highest BCUT2D eigenvalue weighted by Crippen LogP contribution is 2.17. The highest BCUT2D eigenvalue weighted by molar-refractivity contribution is 7.80. The van der Waals surface area contributed by atoms with Crippen molar-refractivity contribution in [3.63, 3.8) is 0 Å². The Balaban J connectivity index is 2.93. The smallest absolute Gasteiger partial charge is 0.198 e. The van der Waals surface area contributed by atoms with Gasteiger partial charge in [-0.15, -0.1) is 0 Å². The van der Waals surface area contributed by atoms with Crippen molar-refractivity contribution in [3.8, 4) is 0 Å². The van der Waals surface area contributed by atoms with Gasteiger partial charge in [-0.25, -0.2) is 0 Å². The van der Waals surface area contributed by atoms with E-state index in [2.05, 4.69) is 12.6 Å². The van der Waals surface area contributed by atoms with E-state index in [0.29, 0.717) is 5.56 Å². The summed E-state index contributed by atoms with van der Waals surface area (Å²) in [7, 11) is 0. The first-order chi connectivity index (χ1) is 5.17. The van der Waals surface area contributed by atoms with Gasteiger partial charge in [0, 0.05) is 11.3 Å². The Kier molecular flexibility index (Phi) is 2.54. The van der Waals surface area contributed by atoms with Gasteiger partial charge >= 0.3 is 0 Å². The maximum Gasteiger partial charge on any atom is 0.198 e. The van der Waals surface area contributed by atoms with Crippen molar-refractivity contribution in [1.29, 1.82) is 0 Å². The second kappa shape index (κ2) is 3.26. The van der Waals surface area contributed by atoms with Crippen LogP contribution in [-0.2, 0) is 5.79 Å². The lowest BCUT2D eigenvalue weighted by atomic mass is 10.1. The van der Waals surface area contributed by atoms with Crippen LogP contribution in [0.4, 0.5) is 0 Å². The molecule has 0 aliphatic heterocycles. The summed E-state index contributed by atoms with van der Waals surface area (Å²) in [6.45, 7) is 0. The van der Waals surface area contributed by atoms with Crippen molar-refractivity contribution in [1.82, 2.24) is 0 Å². The number of aliphatic hydroxyl groups is 2. The van der Waals surface area contributed by atoms with Gasteiger partial charge in [-0.1, -0.05) is 30.3 Å². The molecule has 11 heavy (non-hydrogen) atoms. The molecular formula is C8H10O2S. The number of hydrogen-bond donors (Lipinski definition) is 3. The fourth-order valence-electron chi connectivity index (χ4n) is 0.796. The average molecular weight is 170 g/mol. The zero-order valence-electron chi connectivity index (χ0n) is 5.94. The topological polar surface area (TPSA) is 40.5 Å². The standard InChI is InChI=1S/C8H10O2S/c9-8(10,6-11)7-4-2-1-3-5-7/h1-5,9-11H,6H2. The third kappa shape index (κ3) is 1.96. The molecule has 0 saturated carbocycles. The molecule has 1 aromatic rings. The second-order valence-electron chi connectivity index (χ2n) is 2.34. The van der Waals surface area contributed by atoms with Crippen LogP contribution in [-0.4, -0.2) is 16.0 Å². The zero-order valence-corrected chi connectivity index (χ0v) is 6.83. The molecule has 0 aliphatic rings. The Labute approximate surface area is 70.9 Å². The molecule has 1 rings (SSSR count). The van der Waals surface area contributed by atoms with Gasteiger partial charge in [0.15, 0.2) is 5.79 Å². The van der Waals surface area contributed by atoms with Crippen molar-refractivity contribution in [2.75, 3.05) is 5.75 Å². The van der Waals surface area contributed by atoms with Crippen molar-refractivity contribution < 1.29 is 10.2 Å². The molecular weight excluding hydrogens is 160 g/mol. The van der Waals surface area contributed by atoms with Gasteiger partial charge in [0.05, 0.1) is 0 Å². The molecule has 0 fully saturated rings. The van der Waals surface area contributed by atoms with Crippen molar-refractivity contribution in [2.45, 2.75) is 5.79 Å². The molecule has 2 nitrogen and oxygen atoms in total. The molecule has 0 radical (unpaired) electrons. The quantitative estimate of drug-likeness (QED) is 0.453. The molecule has 0 amide bonds. The van der Waals surface area contributed by atoms with Crippen LogP contribution in [0.15, 0.2) is 30.3 Å². The third-order valence-corrected chi connectivity index (χ3v) is 1.90. The lowest BCUT2D eigenvalue weighted by molar-refractivity contribution is -0.147. The lowest BCUT2D eigenvalue weighted by Gasteiger charge is -2.18. The minimum absolute atomic E-state index is 0.00296. The average Bonchev–Trinajstić information content (AvgIpc) is 2.06. The van der Waals surface area contributed by atoms with Gasteiger partial charge in [-0.3, -0.25) is 0 Å². The Morgan fingerprint density at radius 2 is 1.73 bits per heavy atom. The van der Waals surface area contributed by atoms with Crippen LogP contribution in [0.3, 0.4) is 0 Å². The van der Waals surface area contributed by atoms with Crippen LogP contribution >= 0.6 is 12.6 Å². The van der Waals surface area contributed by atoms with E-state index in [9.17, 15) is 10.2 Å². The first-order valence-corrected chi connectivity index (χ1v) is 3.91. The summed E-state index contributed by atoms with van der Waals surface area (Å²) >= 11 is 3.81. The lowest BCUT2D eigenvalue weighted by Crippen LogP contribution is -2.26. The van der Waals surface area contributed by atoms with Gasteiger partial charge in [0.1, 0.15) is 0 Å². The summed E-state index contributed by atoms with van der Waals surface area (Å²) in [6, 6.07) is 8.62. The highest BCUT2D eigenvalue weighted by Gasteiger charge is 2.22. The Morgan fingerprint density at radius 3 is 2.18 bits per heavy atom. The molecule has 60 valence electrons. The molecule has 0 saturated heterocycles. The second-order valence-corrected chi connectivity index (χ2v) is 2.66. The van der Waals surface area contributed by atoms with E-state index in [0.717, 1.165) is 0 Å². The van der Waals surface area contributed by atoms with Crippen LogP contribution < -0.4 is 0 Å². The summed E-state index contributed by atoms with van der Waals surface area (Å²) in [6.07, 6.45) is 0. The molecule has 1 aromatic carbocycles. The Bertz CT molecular complexity index is 221. The molecule has 0 atom stereocenters. The molecule has 0 aliphatic carbocycles. The van der Waals surface area contributed by atoms with Crippen LogP contribution in [0, 0.1) is 0 Å². The van der Waals surface area contributed by atoms with E-state index >= 15 is 0 Å². The summed E-state index contributed by atoms with van der Waals surface area (Å²) < 4.78 is 0. The van der Waals surface area contributed by atoms with Crippen molar-refractivity contribution in [3.05, 3.63) is 35.9 Å². The fourth-order valence-corrected chi connectivity index (χ4v) is 0.979. The number of benzene rings is 1. The number of thiol groups is 1. The zero-order chi connectivity index (χ0) is 8.32. The minimum atomic E-state index is -1.80. The van der Waals surface area contributed by atoms with Gasteiger partial charge < -0.3 is 10.2 Å². The predicted octanol–water partition coefficient (Wildman–Crippen LogP) is 0.754. The third-order valence-electron chi connectivity index (χ3n) is 1.46. The fraction of sp³-hybridized carbons (Fsp3) is 0.250. The molecule has 3 heteroatoms. The highest BCUT2D eigenvalue weighted by atomic mass is 32.1. The maximum absolute atomic E-state index is 9.27. The van der Waals surface area contributed by atoms with Crippen LogP contribution in [0.5, 0.6) is 0 Å². The van der Waals surface area contributed by atoms with Gasteiger partial charge in [-0.05, 0) is 0 Å². The largest absolute Gasteiger partial charge is 0.361 e. The first-order valence-electron chi connectivity index (χ1n) is 3.28. The molecule has 2 N–H and O–H groups in total. The van der Waals surface area contributed by atoms with E-state index in [1.54, 1.807) is 24.3 Å². The van der Waals surface area contributed by atoms with E-state index in [-0.39, 0.29) is 5.75 Å².